The van der Waals surface area contributed by atoms with Gasteiger partial charge in [0.15, 0.2) is 0 Å². The lowest BCUT2D eigenvalue weighted by atomic mass is 9.89. The van der Waals surface area contributed by atoms with Gasteiger partial charge in [-0.25, -0.2) is 0 Å². The zero-order chi connectivity index (χ0) is 18.5. The van der Waals surface area contributed by atoms with Crippen LogP contribution in [0.15, 0.2) is 42.0 Å². The monoisotopic (exact) mass is 336 g/mol. The average Bonchev–Trinajstić information content (AvgIpc) is 2.46. The van der Waals surface area contributed by atoms with Gasteiger partial charge in [0.25, 0.3) is 0 Å². The van der Waals surface area contributed by atoms with Crippen LogP contribution >= 0.6 is 0 Å². The van der Waals surface area contributed by atoms with Gasteiger partial charge in [-0.2, -0.15) is 13.2 Å². The lowest BCUT2D eigenvalue weighted by Crippen LogP contribution is -2.13. The largest absolute Gasteiger partial charge is 0.416 e. The van der Waals surface area contributed by atoms with Crippen LogP contribution in [0.2, 0.25) is 0 Å². The minimum Gasteiger partial charge on any atom is -0.166 e. The molecule has 0 aliphatic carbocycles. The van der Waals surface area contributed by atoms with Crippen LogP contribution in [-0.4, -0.2) is 6.18 Å². The van der Waals surface area contributed by atoms with Crippen molar-refractivity contribution >= 4 is 5.57 Å². The van der Waals surface area contributed by atoms with Crippen molar-refractivity contribution in [3.05, 3.63) is 64.3 Å². The first kappa shape index (κ1) is 20.3. The molecule has 1 rings (SSSR count). The minimum absolute atomic E-state index is 0.283. The molecule has 0 N–H and O–H groups in total. The fourth-order valence-electron chi connectivity index (χ4n) is 2.94. The van der Waals surface area contributed by atoms with E-state index in [1.807, 2.05) is 32.1 Å². The van der Waals surface area contributed by atoms with Crippen LogP contribution in [-0.2, 0) is 6.42 Å². The number of rotatable bonds is 6. The Morgan fingerprint density at radius 3 is 2.25 bits per heavy atom. The molecule has 0 aliphatic rings. The first-order valence-corrected chi connectivity index (χ1v) is 8.23. The van der Waals surface area contributed by atoms with Crippen LogP contribution < -0.4 is 0 Å². The second-order valence-corrected chi connectivity index (χ2v) is 6.47. The Morgan fingerprint density at radius 2 is 1.75 bits per heavy atom. The highest BCUT2D eigenvalue weighted by atomic mass is 19.4. The molecule has 1 aromatic rings. The number of hydrogen-bond donors (Lipinski definition) is 0. The van der Waals surface area contributed by atoms with E-state index in [2.05, 4.69) is 6.58 Å². The Morgan fingerprint density at radius 1 is 1.12 bits per heavy atom. The van der Waals surface area contributed by atoms with Crippen molar-refractivity contribution in [3.8, 4) is 0 Å². The van der Waals surface area contributed by atoms with Crippen LogP contribution in [0.3, 0.4) is 0 Å². The van der Waals surface area contributed by atoms with E-state index < -0.39 is 11.7 Å². The molecular formula is C21H27F3. The first-order valence-electron chi connectivity index (χ1n) is 8.23. The summed E-state index contributed by atoms with van der Waals surface area (Å²) in [6.45, 7) is 12.6. The lowest BCUT2D eigenvalue weighted by Gasteiger charge is -2.18. The second kappa shape index (κ2) is 8.36. The molecule has 0 unspecified atom stereocenters. The minimum atomic E-state index is -4.36. The third kappa shape index (κ3) is 5.12. The zero-order valence-corrected chi connectivity index (χ0v) is 15.3. The molecular weight excluding hydrogens is 309 g/mol. The maximum absolute atomic E-state index is 13.5. The third-order valence-electron chi connectivity index (χ3n) is 4.21. The molecule has 0 bridgehead atoms. The van der Waals surface area contributed by atoms with Crippen molar-refractivity contribution < 1.29 is 13.2 Å². The summed E-state index contributed by atoms with van der Waals surface area (Å²) in [5.41, 5.74) is 4.26. The van der Waals surface area contributed by atoms with Gasteiger partial charge in [-0.15, -0.1) is 6.58 Å². The standard InChI is InChI=1S/C21H27F3/c1-7-8-9-10-18-15(4)11-12-19(16(18)5)17(6)20(13-14(2)3)21(22,23)24/h7,11-13H,1,8-10H2,2-6H3/b20-17-. The molecule has 0 atom stereocenters. The Bertz CT molecular complexity index is 654. The molecule has 3 heteroatoms. The van der Waals surface area contributed by atoms with Crippen LogP contribution in [0.25, 0.3) is 5.57 Å². The molecule has 24 heavy (non-hydrogen) atoms. The smallest absolute Gasteiger partial charge is 0.166 e. The number of alkyl halides is 3. The SMILES string of the molecule is C=CCCCc1c(C)ccc(/C(C)=C(/C=C(C)C)C(F)(F)F)c1C. The molecule has 0 aromatic heterocycles. The highest BCUT2D eigenvalue weighted by Gasteiger charge is 2.34. The Hall–Kier alpha value is -1.77. The molecule has 0 heterocycles. The predicted octanol–water partition coefficient (Wildman–Crippen LogP) is 7.11. The zero-order valence-electron chi connectivity index (χ0n) is 15.3. The van der Waals surface area contributed by atoms with Crippen molar-refractivity contribution in [2.24, 2.45) is 0 Å². The van der Waals surface area contributed by atoms with Crippen LogP contribution in [0, 0.1) is 13.8 Å². The van der Waals surface area contributed by atoms with Crippen LogP contribution in [0.4, 0.5) is 13.2 Å². The van der Waals surface area contributed by atoms with E-state index in [-0.39, 0.29) is 5.57 Å². The molecule has 0 saturated heterocycles. The molecule has 0 aliphatic heterocycles. The lowest BCUT2D eigenvalue weighted by molar-refractivity contribution is -0.0877. The fraction of sp³-hybridized carbons (Fsp3) is 0.429. The van der Waals surface area contributed by atoms with Crippen molar-refractivity contribution in [1.29, 1.82) is 0 Å². The first-order chi connectivity index (χ1) is 11.1. The molecule has 132 valence electrons. The van der Waals surface area contributed by atoms with Crippen LogP contribution in [0.1, 0.15) is 55.9 Å². The quantitative estimate of drug-likeness (QED) is 0.295. The number of allylic oxidation sites excluding steroid dienone is 5. The third-order valence-corrected chi connectivity index (χ3v) is 4.21. The van der Waals surface area contributed by atoms with Crippen molar-refractivity contribution in [1.82, 2.24) is 0 Å². The van der Waals surface area contributed by atoms with E-state index >= 15 is 0 Å². The van der Waals surface area contributed by atoms with Crippen molar-refractivity contribution in [3.63, 3.8) is 0 Å². The molecule has 0 radical (unpaired) electrons. The maximum atomic E-state index is 13.5. The van der Waals surface area contributed by atoms with Gasteiger partial charge >= 0.3 is 6.18 Å². The summed E-state index contributed by atoms with van der Waals surface area (Å²) in [5.74, 6) is 0. The fourth-order valence-corrected chi connectivity index (χ4v) is 2.94. The van der Waals surface area contributed by atoms with Gasteiger partial charge in [-0.3, -0.25) is 0 Å². The molecule has 0 fully saturated rings. The highest BCUT2D eigenvalue weighted by Crippen LogP contribution is 2.36. The van der Waals surface area contributed by atoms with Gasteiger partial charge in [0.05, 0.1) is 5.57 Å². The second-order valence-electron chi connectivity index (χ2n) is 6.47. The predicted molar refractivity (Wildman–Crippen MR) is 97.1 cm³/mol. The topological polar surface area (TPSA) is 0 Å². The summed E-state index contributed by atoms with van der Waals surface area (Å²) in [5, 5.41) is 0. The molecule has 0 saturated carbocycles. The van der Waals surface area contributed by atoms with E-state index in [1.54, 1.807) is 20.8 Å². The Kier molecular flexibility index (Phi) is 7.07. The van der Waals surface area contributed by atoms with E-state index in [0.29, 0.717) is 11.1 Å². The van der Waals surface area contributed by atoms with Gasteiger partial charge < -0.3 is 0 Å². The summed E-state index contributed by atoms with van der Waals surface area (Å²) in [6, 6.07) is 3.73. The molecule has 1 aromatic carbocycles. The summed E-state index contributed by atoms with van der Waals surface area (Å²) in [6.07, 6.45) is 1.46. The van der Waals surface area contributed by atoms with Crippen LogP contribution in [0.5, 0.6) is 0 Å². The van der Waals surface area contributed by atoms with Gasteiger partial charge in [-0.1, -0.05) is 29.9 Å². The van der Waals surface area contributed by atoms with E-state index in [9.17, 15) is 13.2 Å². The number of unbranched alkanes of at least 4 members (excludes halogenated alkanes) is 1. The van der Waals surface area contributed by atoms with Crippen molar-refractivity contribution in [2.45, 2.75) is 60.1 Å². The van der Waals surface area contributed by atoms with Gasteiger partial charge in [0, 0.05) is 0 Å². The highest BCUT2D eigenvalue weighted by molar-refractivity contribution is 5.73. The molecule has 0 spiro atoms. The summed E-state index contributed by atoms with van der Waals surface area (Å²) >= 11 is 0. The number of halogens is 3. The summed E-state index contributed by atoms with van der Waals surface area (Å²) in [7, 11) is 0. The average molecular weight is 336 g/mol. The number of hydrogen-bond acceptors (Lipinski definition) is 0. The van der Waals surface area contributed by atoms with Crippen molar-refractivity contribution in [2.75, 3.05) is 0 Å². The van der Waals surface area contributed by atoms with E-state index in [0.717, 1.165) is 36.0 Å². The van der Waals surface area contributed by atoms with Gasteiger partial charge in [0.2, 0.25) is 0 Å². The normalized spacial score (nSPS) is 12.7. The summed E-state index contributed by atoms with van der Waals surface area (Å²) in [4.78, 5) is 0. The summed E-state index contributed by atoms with van der Waals surface area (Å²) < 4.78 is 40.4. The molecule has 0 amide bonds. The number of benzene rings is 1. The Balaban J connectivity index is 3.48. The number of aryl methyl sites for hydroxylation is 1. The Labute approximate surface area is 143 Å². The van der Waals surface area contributed by atoms with Gasteiger partial charge in [0.1, 0.15) is 0 Å². The van der Waals surface area contributed by atoms with E-state index in [4.69, 9.17) is 0 Å². The van der Waals surface area contributed by atoms with E-state index in [1.165, 1.54) is 6.08 Å². The maximum Gasteiger partial charge on any atom is 0.416 e. The van der Waals surface area contributed by atoms with Gasteiger partial charge in [-0.05, 0) is 81.7 Å². The molecule has 0 nitrogen and oxygen atoms in total.